The third kappa shape index (κ3) is 2.99. The van der Waals surface area contributed by atoms with Crippen molar-refractivity contribution in [1.82, 2.24) is 0 Å². The van der Waals surface area contributed by atoms with E-state index < -0.39 is 10.0 Å². The molecule has 0 atom stereocenters. The first-order valence-corrected chi connectivity index (χ1v) is 6.72. The van der Waals surface area contributed by atoms with Gasteiger partial charge in [-0.15, -0.1) is 0 Å². The summed E-state index contributed by atoms with van der Waals surface area (Å²) in [7, 11) is -3.19. The van der Waals surface area contributed by atoms with Crippen LogP contribution in [0.25, 0.3) is 0 Å². The summed E-state index contributed by atoms with van der Waals surface area (Å²) in [5, 5.41) is 0. The molecule has 0 radical (unpaired) electrons. The molecule has 5 heteroatoms. The largest absolute Gasteiger partial charge is 0.284 e. The number of nitrogens with one attached hydrogen (secondary N) is 1. The summed E-state index contributed by atoms with van der Waals surface area (Å²) in [6, 6.07) is 3.70. The predicted molar refractivity (Wildman–Crippen MR) is 62.1 cm³/mol. The molecular formula is C9H12BrNO2S. The highest BCUT2D eigenvalue weighted by Gasteiger charge is 2.06. The minimum absolute atomic E-state index is 0.633. The fourth-order valence-corrected chi connectivity index (χ4v) is 2.17. The number of aryl methyl sites for hydroxylation is 2. The highest BCUT2D eigenvalue weighted by Crippen LogP contribution is 2.24. The van der Waals surface area contributed by atoms with Crippen molar-refractivity contribution in [3.8, 4) is 0 Å². The molecule has 0 aliphatic rings. The van der Waals surface area contributed by atoms with Crippen LogP contribution in [0.5, 0.6) is 0 Å². The van der Waals surface area contributed by atoms with Gasteiger partial charge in [0, 0.05) is 4.47 Å². The Hall–Kier alpha value is -0.550. The lowest BCUT2D eigenvalue weighted by Crippen LogP contribution is -2.10. The van der Waals surface area contributed by atoms with Gasteiger partial charge < -0.3 is 0 Å². The SMILES string of the molecule is Cc1cc(NS(C)(=O)=O)c(C)cc1Br. The molecule has 0 fully saturated rings. The highest BCUT2D eigenvalue weighted by molar-refractivity contribution is 9.10. The van der Waals surface area contributed by atoms with E-state index in [2.05, 4.69) is 20.7 Å². The lowest BCUT2D eigenvalue weighted by Gasteiger charge is -2.09. The van der Waals surface area contributed by atoms with Gasteiger partial charge in [-0.2, -0.15) is 0 Å². The first-order valence-electron chi connectivity index (χ1n) is 4.04. The molecule has 14 heavy (non-hydrogen) atoms. The number of hydrogen-bond donors (Lipinski definition) is 1. The Kier molecular flexibility index (Phi) is 3.21. The van der Waals surface area contributed by atoms with E-state index in [0.717, 1.165) is 21.9 Å². The summed E-state index contributed by atoms with van der Waals surface area (Å²) in [5.41, 5.74) is 2.53. The molecule has 0 amide bonds. The molecule has 1 aromatic carbocycles. The van der Waals surface area contributed by atoms with Crippen molar-refractivity contribution in [1.29, 1.82) is 0 Å². The van der Waals surface area contributed by atoms with Crippen LogP contribution in [-0.2, 0) is 10.0 Å². The van der Waals surface area contributed by atoms with Gasteiger partial charge in [-0.25, -0.2) is 8.42 Å². The zero-order chi connectivity index (χ0) is 10.9. The Labute approximate surface area is 92.7 Å². The quantitative estimate of drug-likeness (QED) is 0.903. The van der Waals surface area contributed by atoms with Gasteiger partial charge in [-0.05, 0) is 37.1 Å². The van der Waals surface area contributed by atoms with E-state index in [9.17, 15) is 8.42 Å². The molecule has 0 aliphatic carbocycles. The van der Waals surface area contributed by atoms with Gasteiger partial charge in [0.05, 0.1) is 11.9 Å². The molecular weight excluding hydrogens is 266 g/mol. The zero-order valence-electron chi connectivity index (χ0n) is 8.26. The van der Waals surface area contributed by atoms with Gasteiger partial charge in [0.1, 0.15) is 0 Å². The minimum Gasteiger partial charge on any atom is -0.284 e. The third-order valence-corrected chi connectivity index (χ3v) is 3.25. The second kappa shape index (κ2) is 3.90. The summed E-state index contributed by atoms with van der Waals surface area (Å²) < 4.78 is 25.5. The van der Waals surface area contributed by atoms with Crippen LogP contribution in [0.3, 0.4) is 0 Å². The van der Waals surface area contributed by atoms with E-state index in [1.807, 2.05) is 19.9 Å². The van der Waals surface area contributed by atoms with Gasteiger partial charge in [0.15, 0.2) is 0 Å². The fraction of sp³-hybridized carbons (Fsp3) is 0.333. The Morgan fingerprint density at radius 2 is 1.79 bits per heavy atom. The molecule has 1 aromatic rings. The molecule has 0 saturated carbocycles. The van der Waals surface area contributed by atoms with E-state index in [-0.39, 0.29) is 0 Å². The lowest BCUT2D eigenvalue weighted by atomic mass is 10.1. The average Bonchev–Trinajstić information content (AvgIpc) is 1.97. The molecule has 0 spiro atoms. The first-order chi connectivity index (χ1) is 6.29. The van der Waals surface area contributed by atoms with Crippen LogP contribution >= 0.6 is 15.9 Å². The van der Waals surface area contributed by atoms with Gasteiger partial charge in [0.2, 0.25) is 10.0 Å². The van der Waals surface area contributed by atoms with Crippen molar-refractivity contribution in [2.45, 2.75) is 13.8 Å². The second-order valence-electron chi connectivity index (χ2n) is 3.29. The minimum atomic E-state index is -3.19. The third-order valence-electron chi connectivity index (χ3n) is 1.80. The Bertz CT molecular complexity index is 454. The number of rotatable bonds is 2. The van der Waals surface area contributed by atoms with E-state index in [4.69, 9.17) is 0 Å². The molecule has 0 aromatic heterocycles. The van der Waals surface area contributed by atoms with E-state index in [1.165, 1.54) is 0 Å². The van der Waals surface area contributed by atoms with Crippen LogP contribution in [0.1, 0.15) is 11.1 Å². The maximum Gasteiger partial charge on any atom is 0.229 e. The van der Waals surface area contributed by atoms with Crippen molar-refractivity contribution in [3.63, 3.8) is 0 Å². The molecule has 3 nitrogen and oxygen atoms in total. The van der Waals surface area contributed by atoms with Gasteiger partial charge in [0.25, 0.3) is 0 Å². The lowest BCUT2D eigenvalue weighted by molar-refractivity contribution is 0.607. The van der Waals surface area contributed by atoms with Crippen molar-refractivity contribution in [3.05, 3.63) is 27.7 Å². The summed E-state index contributed by atoms with van der Waals surface area (Å²) in [6.07, 6.45) is 1.14. The van der Waals surface area contributed by atoms with E-state index in [0.29, 0.717) is 5.69 Å². The molecule has 0 unspecified atom stereocenters. The number of anilines is 1. The molecule has 1 rings (SSSR count). The van der Waals surface area contributed by atoms with Gasteiger partial charge in [-0.1, -0.05) is 15.9 Å². The highest BCUT2D eigenvalue weighted by atomic mass is 79.9. The normalized spacial score (nSPS) is 11.4. The maximum atomic E-state index is 11.0. The average molecular weight is 278 g/mol. The van der Waals surface area contributed by atoms with E-state index >= 15 is 0 Å². The Balaban J connectivity index is 3.17. The van der Waals surface area contributed by atoms with Crippen LogP contribution < -0.4 is 4.72 Å². The van der Waals surface area contributed by atoms with Gasteiger partial charge in [-0.3, -0.25) is 4.72 Å². The summed E-state index contributed by atoms with van der Waals surface area (Å²) in [5.74, 6) is 0. The van der Waals surface area contributed by atoms with Crippen LogP contribution in [-0.4, -0.2) is 14.7 Å². The first kappa shape index (κ1) is 11.5. The molecule has 0 saturated heterocycles. The molecule has 0 heterocycles. The Morgan fingerprint density at radius 3 is 2.29 bits per heavy atom. The van der Waals surface area contributed by atoms with Crippen molar-refractivity contribution in [2.24, 2.45) is 0 Å². The van der Waals surface area contributed by atoms with Crippen molar-refractivity contribution >= 4 is 31.6 Å². The topological polar surface area (TPSA) is 46.2 Å². The molecule has 0 aliphatic heterocycles. The Morgan fingerprint density at radius 1 is 1.21 bits per heavy atom. The van der Waals surface area contributed by atoms with Crippen LogP contribution in [0.2, 0.25) is 0 Å². The van der Waals surface area contributed by atoms with Crippen LogP contribution in [0, 0.1) is 13.8 Å². The molecule has 1 N–H and O–H groups in total. The maximum absolute atomic E-state index is 11.0. The molecule has 78 valence electrons. The summed E-state index contributed by atoms with van der Waals surface area (Å²) in [6.45, 7) is 3.77. The van der Waals surface area contributed by atoms with Crippen LogP contribution in [0.4, 0.5) is 5.69 Å². The van der Waals surface area contributed by atoms with E-state index in [1.54, 1.807) is 6.07 Å². The fourth-order valence-electron chi connectivity index (χ4n) is 1.09. The molecule has 0 bridgehead atoms. The second-order valence-corrected chi connectivity index (χ2v) is 5.89. The number of halogens is 1. The van der Waals surface area contributed by atoms with Crippen molar-refractivity contribution < 1.29 is 8.42 Å². The number of sulfonamides is 1. The standard InChI is InChI=1S/C9H12BrNO2S/c1-6-5-9(11-14(3,12)13)7(2)4-8(6)10/h4-5,11H,1-3H3. The number of hydrogen-bond acceptors (Lipinski definition) is 2. The van der Waals surface area contributed by atoms with Crippen LogP contribution in [0.15, 0.2) is 16.6 Å². The smallest absolute Gasteiger partial charge is 0.229 e. The monoisotopic (exact) mass is 277 g/mol. The predicted octanol–water partition coefficient (Wildman–Crippen LogP) is 2.44. The zero-order valence-corrected chi connectivity index (χ0v) is 10.7. The van der Waals surface area contributed by atoms with Gasteiger partial charge >= 0.3 is 0 Å². The summed E-state index contributed by atoms with van der Waals surface area (Å²) in [4.78, 5) is 0. The summed E-state index contributed by atoms with van der Waals surface area (Å²) >= 11 is 3.38. The number of benzene rings is 1. The van der Waals surface area contributed by atoms with Crippen molar-refractivity contribution in [2.75, 3.05) is 11.0 Å².